The van der Waals surface area contributed by atoms with Gasteiger partial charge in [0.1, 0.15) is 0 Å². The average molecular weight is 319 g/mol. The Morgan fingerprint density at radius 2 is 1.90 bits per heavy atom. The van der Waals surface area contributed by atoms with Gasteiger partial charge in [0.25, 0.3) is 5.56 Å². The molecule has 0 radical (unpaired) electrons. The first-order valence-electron chi connectivity index (χ1n) is 6.11. The molecule has 9 nitrogen and oxygen atoms in total. The van der Waals surface area contributed by atoms with Crippen molar-refractivity contribution in [1.29, 1.82) is 0 Å². The summed E-state index contributed by atoms with van der Waals surface area (Å²) in [4.78, 5) is 33.6. The molecule has 1 aromatic rings. The number of aliphatic carboxylic acids is 1. The van der Waals surface area contributed by atoms with Gasteiger partial charge in [0.15, 0.2) is 4.90 Å². The number of sulfonamides is 1. The number of carboxylic acids is 1. The Labute approximate surface area is 121 Å². The third kappa shape index (κ3) is 3.39. The van der Waals surface area contributed by atoms with Gasteiger partial charge in [0, 0.05) is 33.4 Å². The van der Waals surface area contributed by atoms with Crippen LogP contribution in [0, 0.1) is 0 Å². The minimum absolute atomic E-state index is 0.0155. The van der Waals surface area contributed by atoms with Crippen LogP contribution < -0.4 is 11.2 Å². The van der Waals surface area contributed by atoms with E-state index in [1.165, 1.54) is 21.0 Å². The number of aryl methyl sites for hydroxylation is 1. The summed E-state index contributed by atoms with van der Waals surface area (Å²) in [5.41, 5.74) is -1.58. The lowest BCUT2D eigenvalue weighted by molar-refractivity contribution is -0.137. The number of hydrogen-bond donors (Lipinski definition) is 1. The van der Waals surface area contributed by atoms with Crippen LogP contribution >= 0.6 is 0 Å². The molecule has 0 atom stereocenters. The molecule has 0 amide bonds. The molecule has 0 aliphatic rings. The summed E-state index contributed by atoms with van der Waals surface area (Å²) < 4.78 is 27.4. The lowest BCUT2D eigenvalue weighted by Crippen LogP contribution is -2.43. The monoisotopic (exact) mass is 319 g/mol. The van der Waals surface area contributed by atoms with Crippen molar-refractivity contribution in [1.82, 2.24) is 13.4 Å². The van der Waals surface area contributed by atoms with E-state index in [0.717, 1.165) is 15.1 Å². The van der Waals surface area contributed by atoms with Gasteiger partial charge in [0.05, 0.1) is 6.42 Å². The normalized spacial score (nSPS) is 11.8. The Bertz CT molecular complexity index is 761. The molecule has 1 heterocycles. The molecule has 0 aliphatic carbocycles. The first-order chi connectivity index (χ1) is 9.62. The molecule has 1 aromatic heterocycles. The third-order valence-corrected chi connectivity index (χ3v) is 4.92. The highest BCUT2D eigenvalue weighted by Gasteiger charge is 2.28. The zero-order valence-corrected chi connectivity index (χ0v) is 12.8. The van der Waals surface area contributed by atoms with E-state index in [-0.39, 0.29) is 19.5 Å². The Balaban J connectivity index is 3.40. The first kappa shape index (κ1) is 17.1. The summed E-state index contributed by atoms with van der Waals surface area (Å²) >= 11 is 0. The highest BCUT2D eigenvalue weighted by molar-refractivity contribution is 7.89. The molecule has 1 N–H and O–H groups in total. The Morgan fingerprint density at radius 3 is 2.38 bits per heavy atom. The van der Waals surface area contributed by atoms with Gasteiger partial charge in [0.2, 0.25) is 10.0 Å². The van der Waals surface area contributed by atoms with Gasteiger partial charge in [-0.25, -0.2) is 13.2 Å². The fraction of sp³-hybridized carbons (Fsp3) is 0.545. The van der Waals surface area contributed by atoms with Crippen molar-refractivity contribution in [2.24, 2.45) is 14.1 Å². The topological polar surface area (TPSA) is 119 Å². The van der Waals surface area contributed by atoms with Crippen LogP contribution in [0.1, 0.15) is 13.3 Å². The molecular weight excluding hydrogens is 302 g/mol. The maximum absolute atomic E-state index is 12.4. The molecule has 0 saturated heterocycles. The van der Waals surface area contributed by atoms with E-state index in [1.54, 1.807) is 0 Å². The number of rotatable bonds is 6. The molecule has 0 bridgehead atoms. The Hall–Kier alpha value is -1.94. The predicted molar refractivity (Wildman–Crippen MR) is 73.6 cm³/mol. The molecule has 10 heteroatoms. The molecule has 0 unspecified atom stereocenters. The standard InChI is InChI=1S/C11H17N3O6S/c1-4-14(6-5-9(15)16)21(19,20)8-7-12(2)11(18)13(3)10(8)17/h7H,4-6H2,1-3H3,(H,15,16). The van der Waals surface area contributed by atoms with Crippen LogP contribution in [0.25, 0.3) is 0 Å². The predicted octanol–water partition coefficient (Wildman–Crippen LogP) is -1.43. The highest BCUT2D eigenvalue weighted by atomic mass is 32.2. The zero-order valence-electron chi connectivity index (χ0n) is 11.9. The van der Waals surface area contributed by atoms with Crippen molar-refractivity contribution in [2.45, 2.75) is 18.2 Å². The lowest BCUT2D eigenvalue weighted by atomic mass is 10.4. The molecule has 0 aliphatic heterocycles. The number of nitrogens with zero attached hydrogens (tertiary/aromatic N) is 3. The molecule has 0 saturated carbocycles. The van der Waals surface area contributed by atoms with Crippen molar-refractivity contribution < 1.29 is 18.3 Å². The summed E-state index contributed by atoms with van der Waals surface area (Å²) in [7, 11) is -1.66. The van der Waals surface area contributed by atoms with Gasteiger partial charge in [-0.1, -0.05) is 6.92 Å². The van der Waals surface area contributed by atoms with Crippen molar-refractivity contribution in [3.05, 3.63) is 27.0 Å². The van der Waals surface area contributed by atoms with Gasteiger partial charge >= 0.3 is 11.7 Å². The van der Waals surface area contributed by atoms with Crippen LogP contribution in [0.2, 0.25) is 0 Å². The second-order valence-electron chi connectivity index (χ2n) is 4.39. The van der Waals surface area contributed by atoms with E-state index >= 15 is 0 Å². The fourth-order valence-electron chi connectivity index (χ4n) is 1.76. The third-order valence-electron chi connectivity index (χ3n) is 2.96. The summed E-state index contributed by atoms with van der Waals surface area (Å²) in [5, 5.41) is 8.64. The largest absolute Gasteiger partial charge is 0.481 e. The quantitative estimate of drug-likeness (QED) is 0.686. The maximum atomic E-state index is 12.4. The van der Waals surface area contributed by atoms with E-state index in [1.807, 2.05) is 0 Å². The van der Waals surface area contributed by atoms with E-state index < -0.39 is 32.1 Å². The van der Waals surface area contributed by atoms with Crippen molar-refractivity contribution >= 4 is 16.0 Å². The number of carboxylic acid groups (broad SMARTS) is 1. The van der Waals surface area contributed by atoms with E-state index in [4.69, 9.17) is 5.11 Å². The second-order valence-corrected chi connectivity index (χ2v) is 6.30. The van der Waals surface area contributed by atoms with Crippen LogP contribution in [0.4, 0.5) is 0 Å². The van der Waals surface area contributed by atoms with Crippen LogP contribution in [-0.2, 0) is 28.9 Å². The van der Waals surface area contributed by atoms with Gasteiger partial charge in [-0.3, -0.25) is 14.2 Å². The summed E-state index contributed by atoms with van der Waals surface area (Å²) in [5.74, 6) is -1.14. The second kappa shape index (κ2) is 6.22. The summed E-state index contributed by atoms with van der Waals surface area (Å²) in [6, 6.07) is 0. The average Bonchev–Trinajstić information content (AvgIpc) is 2.40. The number of hydrogen-bond acceptors (Lipinski definition) is 5. The SMILES string of the molecule is CCN(CCC(=O)O)S(=O)(=O)c1cn(C)c(=O)n(C)c1=O. The lowest BCUT2D eigenvalue weighted by Gasteiger charge is -2.19. The summed E-state index contributed by atoms with van der Waals surface area (Å²) in [6.45, 7) is 1.30. The number of aromatic nitrogens is 2. The minimum atomic E-state index is -4.16. The summed E-state index contributed by atoms with van der Waals surface area (Å²) in [6.07, 6.45) is 0.572. The Kier molecular flexibility index (Phi) is 5.07. The van der Waals surface area contributed by atoms with Crippen molar-refractivity contribution in [3.8, 4) is 0 Å². The molecule has 21 heavy (non-hydrogen) atoms. The first-order valence-corrected chi connectivity index (χ1v) is 7.55. The van der Waals surface area contributed by atoms with E-state index in [9.17, 15) is 22.8 Å². The van der Waals surface area contributed by atoms with Crippen LogP contribution in [-0.4, -0.2) is 46.0 Å². The maximum Gasteiger partial charge on any atom is 0.330 e. The molecule has 0 aromatic carbocycles. The van der Waals surface area contributed by atoms with Gasteiger partial charge < -0.3 is 9.67 Å². The van der Waals surface area contributed by atoms with Gasteiger partial charge in [-0.2, -0.15) is 4.31 Å². The molecule has 1 rings (SSSR count). The minimum Gasteiger partial charge on any atom is -0.481 e. The molecule has 0 fully saturated rings. The van der Waals surface area contributed by atoms with Crippen molar-refractivity contribution in [2.75, 3.05) is 13.1 Å². The van der Waals surface area contributed by atoms with Crippen LogP contribution in [0.3, 0.4) is 0 Å². The fourth-order valence-corrected chi connectivity index (χ4v) is 3.36. The Morgan fingerprint density at radius 1 is 1.33 bits per heavy atom. The van der Waals surface area contributed by atoms with Gasteiger partial charge in [-0.15, -0.1) is 0 Å². The highest BCUT2D eigenvalue weighted by Crippen LogP contribution is 2.11. The van der Waals surface area contributed by atoms with E-state index in [2.05, 4.69) is 0 Å². The van der Waals surface area contributed by atoms with Gasteiger partial charge in [-0.05, 0) is 0 Å². The van der Waals surface area contributed by atoms with Crippen molar-refractivity contribution in [3.63, 3.8) is 0 Å². The number of carbonyl (C=O) groups is 1. The van der Waals surface area contributed by atoms with Crippen LogP contribution in [0.15, 0.2) is 20.7 Å². The van der Waals surface area contributed by atoms with E-state index in [0.29, 0.717) is 4.57 Å². The molecule has 0 spiro atoms. The zero-order chi connectivity index (χ0) is 16.4. The molecule has 118 valence electrons. The van der Waals surface area contributed by atoms with Crippen LogP contribution in [0.5, 0.6) is 0 Å². The molecular formula is C11H17N3O6S. The smallest absolute Gasteiger partial charge is 0.330 e.